The third kappa shape index (κ3) is 2.88. The molecule has 1 atom stereocenters. The lowest BCUT2D eigenvalue weighted by atomic mass is 9.99. The fourth-order valence-electron chi connectivity index (χ4n) is 1.87. The number of aromatic nitrogens is 1. The van der Waals surface area contributed by atoms with Crippen molar-refractivity contribution < 1.29 is 4.39 Å². The molecule has 0 aliphatic rings. The van der Waals surface area contributed by atoms with Crippen LogP contribution in [0.2, 0.25) is 0 Å². The summed E-state index contributed by atoms with van der Waals surface area (Å²) in [4.78, 5) is 4.22. The molecule has 1 aromatic carbocycles. The topological polar surface area (TPSA) is 38.9 Å². The Labute approximate surface area is 100 Å². The Bertz CT molecular complexity index is 494. The van der Waals surface area contributed by atoms with Gasteiger partial charge in [0.25, 0.3) is 0 Å². The highest BCUT2D eigenvalue weighted by atomic mass is 19.1. The van der Waals surface area contributed by atoms with E-state index in [1.165, 1.54) is 12.1 Å². The number of benzene rings is 1. The highest BCUT2D eigenvalue weighted by molar-refractivity contribution is 5.25. The van der Waals surface area contributed by atoms with Crippen LogP contribution >= 0.6 is 0 Å². The summed E-state index contributed by atoms with van der Waals surface area (Å²) in [5.74, 6) is -0.222. The average Bonchev–Trinajstić information content (AvgIpc) is 2.32. The van der Waals surface area contributed by atoms with E-state index in [-0.39, 0.29) is 11.9 Å². The molecule has 88 valence electrons. The van der Waals surface area contributed by atoms with Gasteiger partial charge in [0.2, 0.25) is 0 Å². The lowest BCUT2D eigenvalue weighted by Gasteiger charge is -2.13. The van der Waals surface area contributed by atoms with Gasteiger partial charge in [0.1, 0.15) is 5.82 Å². The van der Waals surface area contributed by atoms with Gasteiger partial charge in [-0.05, 0) is 42.7 Å². The molecule has 17 heavy (non-hydrogen) atoms. The van der Waals surface area contributed by atoms with Crippen LogP contribution in [0.25, 0.3) is 0 Å². The van der Waals surface area contributed by atoms with Crippen LogP contribution in [0.4, 0.5) is 4.39 Å². The van der Waals surface area contributed by atoms with Gasteiger partial charge >= 0.3 is 0 Å². The van der Waals surface area contributed by atoms with Crippen LogP contribution in [0.1, 0.15) is 22.9 Å². The first-order valence-electron chi connectivity index (χ1n) is 5.58. The fraction of sp³-hybridized carbons (Fsp3) is 0.214. The standard InChI is InChI=1S/C14H15FN2/c1-10-13(3-2-8-17-10)14(16)9-11-4-6-12(15)7-5-11/h2-8,14H,9,16H2,1H3. The van der Waals surface area contributed by atoms with Gasteiger partial charge in [-0.2, -0.15) is 0 Å². The normalized spacial score (nSPS) is 12.4. The van der Waals surface area contributed by atoms with E-state index in [2.05, 4.69) is 4.98 Å². The van der Waals surface area contributed by atoms with E-state index in [4.69, 9.17) is 5.73 Å². The SMILES string of the molecule is Cc1ncccc1C(N)Cc1ccc(F)cc1. The van der Waals surface area contributed by atoms with Crippen molar-refractivity contribution >= 4 is 0 Å². The van der Waals surface area contributed by atoms with E-state index < -0.39 is 0 Å². The molecule has 2 N–H and O–H groups in total. The minimum Gasteiger partial charge on any atom is -0.324 e. The molecule has 2 rings (SSSR count). The lowest BCUT2D eigenvalue weighted by Crippen LogP contribution is -2.15. The lowest BCUT2D eigenvalue weighted by molar-refractivity contribution is 0.625. The molecule has 0 fully saturated rings. The van der Waals surface area contributed by atoms with Gasteiger partial charge in [0.15, 0.2) is 0 Å². The summed E-state index contributed by atoms with van der Waals surface area (Å²) in [7, 11) is 0. The molecule has 3 heteroatoms. The van der Waals surface area contributed by atoms with E-state index >= 15 is 0 Å². The van der Waals surface area contributed by atoms with E-state index in [1.54, 1.807) is 18.3 Å². The molecular weight excluding hydrogens is 215 g/mol. The number of aryl methyl sites for hydroxylation is 1. The molecule has 2 nitrogen and oxygen atoms in total. The number of rotatable bonds is 3. The van der Waals surface area contributed by atoms with Gasteiger partial charge in [-0.1, -0.05) is 18.2 Å². The molecule has 1 unspecified atom stereocenters. The van der Waals surface area contributed by atoms with Crippen molar-refractivity contribution in [3.63, 3.8) is 0 Å². The highest BCUT2D eigenvalue weighted by Crippen LogP contribution is 2.18. The van der Waals surface area contributed by atoms with Crippen molar-refractivity contribution in [1.29, 1.82) is 0 Å². The van der Waals surface area contributed by atoms with Crippen molar-refractivity contribution in [2.75, 3.05) is 0 Å². The fourth-order valence-corrected chi connectivity index (χ4v) is 1.87. The van der Waals surface area contributed by atoms with E-state index in [9.17, 15) is 4.39 Å². The van der Waals surface area contributed by atoms with Crippen LogP contribution in [-0.2, 0) is 6.42 Å². The molecule has 0 aliphatic heterocycles. The van der Waals surface area contributed by atoms with Gasteiger partial charge in [-0.3, -0.25) is 4.98 Å². The summed E-state index contributed by atoms with van der Waals surface area (Å²) in [6.45, 7) is 1.94. The zero-order valence-corrected chi connectivity index (χ0v) is 9.73. The summed E-state index contributed by atoms with van der Waals surface area (Å²) in [6.07, 6.45) is 2.44. The van der Waals surface area contributed by atoms with Gasteiger partial charge < -0.3 is 5.73 Å². The first-order valence-corrected chi connectivity index (χ1v) is 5.58. The number of nitrogens with zero attached hydrogens (tertiary/aromatic N) is 1. The summed E-state index contributed by atoms with van der Waals surface area (Å²) in [6, 6.07) is 10.2. The molecule has 2 aromatic rings. The van der Waals surface area contributed by atoms with Gasteiger partial charge in [0.05, 0.1) is 0 Å². The van der Waals surface area contributed by atoms with Gasteiger partial charge in [-0.15, -0.1) is 0 Å². The summed E-state index contributed by atoms with van der Waals surface area (Å²) in [5, 5.41) is 0. The Hall–Kier alpha value is -1.74. The van der Waals surface area contributed by atoms with Crippen molar-refractivity contribution in [1.82, 2.24) is 4.98 Å². The summed E-state index contributed by atoms with van der Waals surface area (Å²) < 4.78 is 12.8. The Balaban J connectivity index is 2.14. The van der Waals surface area contributed by atoms with Crippen LogP contribution < -0.4 is 5.73 Å². The summed E-state index contributed by atoms with van der Waals surface area (Å²) in [5.41, 5.74) is 9.15. The molecule has 0 spiro atoms. The van der Waals surface area contributed by atoms with Crippen LogP contribution in [0.15, 0.2) is 42.6 Å². The first-order chi connectivity index (χ1) is 8.16. The summed E-state index contributed by atoms with van der Waals surface area (Å²) >= 11 is 0. The molecule has 0 saturated heterocycles. The van der Waals surface area contributed by atoms with Crippen LogP contribution in [0, 0.1) is 12.7 Å². The minimum absolute atomic E-state index is 0.103. The zero-order valence-electron chi connectivity index (χ0n) is 9.73. The van der Waals surface area contributed by atoms with Crippen LogP contribution in [0.3, 0.4) is 0 Å². The maximum absolute atomic E-state index is 12.8. The molecular formula is C14H15FN2. The van der Waals surface area contributed by atoms with Crippen LogP contribution in [-0.4, -0.2) is 4.98 Å². The minimum atomic E-state index is -0.222. The maximum atomic E-state index is 12.8. The van der Waals surface area contributed by atoms with Gasteiger partial charge in [0, 0.05) is 17.9 Å². The van der Waals surface area contributed by atoms with E-state index in [1.807, 2.05) is 19.1 Å². The Kier molecular flexibility index (Phi) is 3.49. The number of halogens is 1. The smallest absolute Gasteiger partial charge is 0.123 e. The second-order valence-corrected chi connectivity index (χ2v) is 4.12. The number of pyridine rings is 1. The molecule has 1 heterocycles. The maximum Gasteiger partial charge on any atom is 0.123 e. The second-order valence-electron chi connectivity index (χ2n) is 4.12. The van der Waals surface area contributed by atoms with E-state index in [0.717, 1.165) is 16.8 Å². The average molecular weight is 230 g/mol. The predicted molar refractivity (Wildman–Crippen MR) is 66.0 cm³/mol. The molecule has 0 bridgehead atoms. The Morgan fingerprint density at radius 2 is 1.94 bits per heavy atom. The Morgan fingerprint density at radius 1 is 1.24 bits per heavy atom. The van der Waals surface area contributed by atoms with Gasteiger partial charge in [-0.25, -0.2) is 4.39 Å². The largest absolute Gasteiger partial charge is 0.324 e. The number of hydrogen-bond donors (Lipinski definition) is 1. The molecule has 0 aliphatic carbocycles. The number of hydrogen-bond acceptors (Lipinski definition) is 2. The van der Waals surface area contributed by atoms with Crippen LogP contribution in [0.5, 0.6) is 0 Å². The molecule has 1 aromatic heterocycles. The second kappa shape index (κ2) is 5.06. The van der Waals surface area contributed by atoms with Crippen molar-refractivity contribution in [3.8, 4) is 0 Å². The Morgan fingerprint density at radius 3 is 2.59 bits per heavy atom. The molecule has 0 radical (unpaired) electrons. The monoisotopic (exact) mass is 230 g/mol. The predicted octanol–water partition coefficient (Wildman–Crippen LogP) is 2.77. The van der Waals surface area contributed by atoms with E-state index in [0.29, 0.717) is 6.42 Å². The highest BCUT2D eigenvalue weighted by Gasteiger charge is 2.09. The van der Waals surface area contributed by atoms with Crippen molar-refractivity contribution in [2.45, 2.75) is 19.4 Å². The van der Waals surface area contributed by atoms with Crippen molar-refractivity contribution in [3.05, 3.63) is 65.2 Å². The molecule has 0 saturated carbocycles. The number of nitrogens with two attached hydrogens (primary N) is 1. The third-order valence-corrected chi connectivity index (χ3v) is 2.82. The zero-order chi connectivity index (χ0) is 12.3. The quantitative estimate of drug-likeness (QED) is 0.880. The third-order valence-electron chi connectivity index (χ3n) is 2.82. The molecule has 0 amide bonds. The first kappa shape index (κ1) is 11.7. The van der Waals surface area contributed by atoms with Crippen molar-refractivity contribution in [2.24, 2.45) is 5.73 Å².